The standard InChI is InChI=1S/C36H37F3N6OS/c1-23-11-15-43(16-12-23)20-26-8-5-25(6-9-26)7-10-27-18-28-29(30(19-27)36(37,38)39)21-45(34(28)46)33(24(2)42-35-40-13-17-47-35)32-31-4-3-14-44(31)22-41-32/h5,8-9,13,17-19,22-23,25,33H,2-4,6,11-12,14-16,20-21H2,1H3,(H,40,42). The molecule has 5 heterocycles. The number of carbonyl (C=O) groups excluding carboxylic acids is 1. The Morgan fingerprint density at radius 2 is 2.04 bits per heavy atom. The maximum atomic E-state index is 14.5. The van der Waals surface area contributed by atoms with Crippen molar-refractivity contribution in [3.8, 4) is 11.8 Å². The molecular formula is C36H37F3N6OS. The minimum atomic E-state index is -4.66. The number of hydrogen-bond donors (Lipinski definition) is 1. The molecule has 2 atom stereocenters. The van der Waals surface area contributed by atoms with Gasteiger partial charge in [-0.25, -0.2) is 9.97 Å². The van der Waals surface area contributed by atoms with Crippen LogP contribution in [0.25, 0.3) is 0 Å². The summed E-state index contributed by atoms with van der Waals surface area (Å²) in [4.78, 5) is 26.9. The Morgan fingerprint density at radius 1 is 1.21 bits per heavy atom. The summed E-state index contributed by atoms with van der Waals surface area (Å²) in [5.41, 5.74) is 2.58. The molecule has 0 radical (unpaired) electrons. The Hall–Kier alpha value is -4.14. The number of anilines is 1. The van der Waals surface area contributed by atoms with Crippen LogP contribution in [0.3, 0.4) is 0 Å². The number of imidazole rings is 1. The fraction of sp³-hybridized carbons (Fsp3) is 0.417. The first-order chi connectivity index (χ1) is 22.6. The van der Waals surface area contributed by atoms with E-state index in [0.717, 1.165) is 56.7 Å². The van der Waals surface area contributed by atoms with E-state index >= 15 is 0 Å². The van der Waals surface area contributed by atoms with Crippen molar-refractivity contribution >= 4 is 22.4 Å². The van der Waals surface area contributed by atoms with E-state index < -0.39 is 23.7 Å². The zero-order valence-electron chi connectivity index (χ0n) is 26.3. The Labute approximate surface area is 276 Å². The summed E-state index contributed by atoms with van der Waals surface area (Å²) in [7, 11) is 0. The molecular weight excluding hydrogens is 621 g/mol. The maximum Gasteiger partial charge on any atom is 0.416 e. The molecule has 3 aromatic rings. The number of piperidine rings is 1. The van der Waals surface area contributed by atoms with Gasteiger partial charge in [-0.3, -0.25) is 9.69 Å². The molecule has 0 bridgehead atoms. The summed E-state index contributed by atoms with van der Waals surface area (Å²) in [6.45, 7) is 10.2. The summed E-state index contributed by atoms with van der Waals surface area (Å²) in [6.07, 6.45) is 9.87. The zero-order valence-corrected chi connectivity index (χ0v) is 27.1. The molecule has 1 N–H and O–H groups in total. The highest BCUT2D eigenvalue weighted by atomic mass is 32.1. The van der Waals surface area contributed by atoms with Gasteiger partial charge >= 0.3 is 6.18 Å². The number of carbonyl (C=O) groups is 1. The van der Waals surface area contributed by atoms with Crippen LogP contribution in [0, 0.1) is 23.7 Å². The molecule has 11 heteroatoms. The second-order valence-electron chi connectivity index (χ2n) is 13.0. The monoisotopic (exact) mass is 658 g/mol. The second kappa shape index (κ2) is 12.8. The Bertz CT molecular complexity index is 1800. The van der Waals surface area contributed by atoms with Crippen molar-refractivity contribution in [2.24, 2.45) is 11.8 Å². The van der Waals surface area contributed by atoms with Crippen LogP contribution < -0.4 is 5.32 Å². The lowest BCUT2D eigenvalue weighted by molar-refractivity contribution is -0.138. The number of nitrogens with zero attached hydrogens (tertiary/aromatic N) is 5. The Balaban J connectivity index is 1.14. The van der Waals surface area contributed by atoms with Crippen LogP contribution >= 0.6 is 11.3 Å². The van der Waals surface area contributed by atoms with Gasteiger partial charge in [0.05, 0.1) is 17.6 Å². The average molecular weight is 659 g/mol. The number of fused-ring (bicyclic) bond motifs is 2. The Morgan fingerprint density at radius 3 is 2.77 bits per heavy atom. The van der Waals surface area contributed by atoms with Gasteiger partial charge in [-0.1, -0.05) is 43.6 Å². The topological polar surface area (TPSA) is 66.3 Å². The molecule has 0 spiro atoms. The predicted octanol–water partition coefficient (Wildman–Crippen LogP) is 7.21. The van der Waals surface area contributed by atoms with Crippen molar-refractivity contribution in [1.82, 2.24) is 24.3 Å². The number of likely N-dealkylation sites (tertiary alicyclic amines) is 1. The third-order valence-corrected chi connectivity index (χ3v) is 10.3. The van der Waals surface area contributed by atoms with Crippen molar-refractivity contribution in [1.29, 1.82) is 0 Å². The summed E-state index contributed by atoms with van der Waals surface area (Å²) >= 11 is 1.37. The van der Waals surface area contributed by atoms with Crippen LogP contribution in [-0.2, 0) is 25.7 Å². The van der Waals surface area contributed by atoms with Crippen LogP contribution in [0.5, 0.6) is 0 Å². The van der Waals surface area contributed by atoms with E-state index in [9.17, 15) is 18.0 Å². The summed E-state index contributed by atoms with van der Waals surface area (Å²) in [6, 6.07) is 1.81. The summed E-state index contributed by atoms with van der Waals surface area (Å²) in [5.74, 6) is 6.29. The van der Waals surface area contributed by atoms with Gasteiger partial charge in [-0.15, -0.1) is 11.3 Å². The number of allylic oxidation sites excluding steroid dienone is 2. The first kappa shape index (κ1) is 31.5. The van der Waals surface area contributed by atoms with E-state index in [-0.39, 0.29) is 29.2 Å². The molecule has 1 aliphatic carbocycles. The van der Waals surface area contributed by atoms with E-state index in [1.807, 2.05) is 16.0 Å². The number of halogens is 3. The summed E-state index contributed by atoms with van der Waals surface area (Å²) < 4.78 is 45.7. The number of thiazole rings is 1. The van der Waals surface area contributed by atoms with E-state index in [2.05, 4.69) is 57.7 Å². The van der Waals surface area contributed by atoms with Crippen LogP contribution in [0.15, 0.2) is 66.1 Å². The minimum absolute atomic E-state index is 0.0178. The van der Waals surface area contributed by atoms with Gasteiger partial charge in [-0.2, -0.15) is 13.2 Å². The number of nitrogens with one attached hydrogen (secondary N) is 1. The third-order valence-electron chi connectivity index (χ3n) is 9.63. The lowest BCUT2D eigenvalue weighted by Crippen LogP contribution is -2.34. The number of aryl methyl sites for hydroxylation is 1. The number of aromatic nitrogens is 3. The Kier molecular flexibility index (Phi) is 8.57. The first-order valence-electron chi connectivity index (χ1n) is 16.2. The third kappa shape index (κ3) is 6.54. The summed E-state index contributed by atoms with van der Waals surface area (Å²) in [5, 5.41) is 5.56. The van der Waals surface area contributed by atoms with Crippen LogP contribution in [0.2, 0.25) is 0 Å². The van der Waals surface area contributed by atoms with Gasteiger partial charge in [0.25, 0.3) is 5.91 Å². The van der Waals surface area contributed by atoms with E-state index in [4.69, 9.17) is 0 Å². The predicted molar refractivity (Wildman–Crippen MR) is 177 cm³/mol. The minimum Gasteiger partial charge on any atom is -0.334 e. The highest BCUT2D eigenvalue weighted by Crippen LogP contribution is 2.43. The van der Waals surface area contributed by atoms with Crippen LogP contribution in [0.4, 0.5) is 18.3 Å². The number of alkyl halides is 3. The molecule has 2 unspecified atom stereocenters. The van der Waals surface area contributed by atoms with Crippen molar-refractivity contribution in [2.75, 3.05) is 25.0 Å². The van der Waals surface area contributed by atoms with Gasteiger partial charge in [-0.05, 0) is 74.4 Å². The second-order valence-corrected chi connectivity index (χ2v) is 13.8. The number of hydrogen-bond acceptors (Lipinski definition) is 6. The lowest BCUT2D eigenvalue weighted by atomic mass is 9.94. The van der Waals surface area contributed by atoms with Crippen LogP contribution in [0.1, 0.15) is 77.1 Å². The van der Waals surface area contributed by atoms with Crippen molar-refractivity contribution in [3.05, 3.63) is 99.8 Å². The quantitative estimate of drug-likeness (QED) is 0.272. The highest BCUT2D eigenvalue weighted by molar-refractivity contribution is 7.13. The molecule has 3 aliphatic heterocycles. The first-order valence-corrected chi connectivity index (χ1v) is 17.1. The largest absolute Gasteiger partial charge is 0.416 e. The fourth-order valence-electron chi connectivity index (χ4n) is 7.03. The van der Waals surface area contributed by atoms with Gasteiger partial charge in [0.2, 0.25) is 0 Å². The van der Waals surface area contributed by atoms with E-state index in [0.29, 0.717) is 22.9 Å². The van der Waals surface area contributed by atoms with Gasteiger partial charge < -0.3 is 14.8 Å². The molecule has 1 saturated heterocycles. The van der Waals surface area contributed by atoms with Gasteiger partial charge in [0.15, 0.2) is 5.13 Å². The zero-order chi connectivity index (χ0) is 32.7. The van der Waals surface area contributed by atoms with Crippen molar-refractivity contribution in [3.63, 3.8) is 0 Å². The SMILES string of the molecule is C=C(Nc1nccs1)C(c1ncn2c1CCC2)N1Cc2c(cc(C#CC3C=CC(CN4CCC(C)CC4)=CC3)cc2C(F)(F)F)C1=O. The van der Waals surface area contributed by atoms with Crippen molar-refractivity contribution in [2.45, 2.75) is 64.3 Å². The molecule has 7 rings (SSSR count). The molecule has 47 heavy (non-hydrogen) atoms. The molecule has 1 fully saturated rings. The number of amides is 1. The van der Waals surface area contributed by atoms with Gasteiger partial charge in [0.1, 0.15) is 6.04 Å². The van der Waals surface area contributed by atoms with Gasteiger partial charge in [0, 0.05) is 59.6 Å². The molecule has 4 aliphatic rings. The smallest absolute Gasteiger partial charge is 0.334 e. The normalized spacial score (nSPS) is 20.4. The number of rotatable bonds is 7. The molecule has 244 valence electrons. The van der Waals surface area contributed by atoms with E-state index in [1.54, 1.807) is 12.5 Å². The van der Waals surface area contributed by atoms with E-state index in [1.165, 1.54) is 40.7 Å². The van der Waals surface area contributed by atoms with Crippen molar-refractivity contribution < 1.29 is 18.0 Å². The fourth-order valence-corrected chi connectivity index (χ4v) is 7.59. The molecule has 2 aromatic heterocycles. The molecule has 7 nitrogen and oxygen atoms in total. The molecule has 1 amide bonds. The lowest BCUT2D eigenvalue weighted by Gasteiger charge is -2.30. The molecule has 1 aromatic carbocycles. The maximum absolute atomic E-state index is 14.5. The van der Waals surface area contributed by atoms with Crippen LogP contribution in [-0.4, -0.2) is 49.9 Å². The number of benzene rings is 1. The average Bonchev–Trinajstić information content (AvgIpc) is 3.85. The molecule has 0 saturated carbocycles. The highest BCUT2D eigenvalue weighted by Gasteiger charge is 2.44.